The van der Waals surface area contributed by atoms with Gasteiger partial charge in [-0.1, -0.05) is 0 Å². The first kappa shape index (κ1) is 13.1. The van der Waals surface area contributed by atoms with E-state index in [0.29, 0.717) is 19.0 Å². The fourth-order valence-corrected chi connectivity index (χ4v) is 2.40. The molecule has 0 saturated heterocycles. The van der Waals surface area contributed by atoms with Gasteiger partial charge in [-0.2, -0.15) is 0 Å². The van der Waals surface area contributed by atoms with Crippen molar-refractivity contribution in [3.8, 4) is 0 Å². The average Bonchev–Trinajstić information content (AvgIpc) is 3.25. The number of pyridine rings is 1. The summed E-state index contributed by atoms with van der Waals surface area (Å²) in [7, 11) is 1.67. The summed E-state index contributed by atoms with van der Waals surface area (Å²) in [6, 6.07) is 4.75. The highest BCUT2D eigenvalue weighted by atomic mass is 16.1. The SMILES string of the molecule is CNC(=O)CCn1cc(CNC2CC2)c2cccnc21. The van der Waals surface area contributed by atoms with E-state index in [1.807, 2.05) is 6.07 Å². The Morgan fingerprint density at radius 1 is 1.50 bits per heavy atom. The second-order valence-corrected chi connectivity index (χ2v) is 5.30. The van der Waals surface area contributed by atoms with Gasteiger partial charge in [-0.3, -0.25) is 4.79 Å². The first-order valence-corrected chi connectivity index (χ1v) is 7.14. The molecule has 1 aliphatic carbocycles. The van der Waals surface area contributed by atoms with Crippen LogP contribution < -0.4 is 10.6 Å². The van der Waals surface area contributed by atoms with Gasteiger partial charge < -0.3 is 15.2 Å². The van der Waals surface area contributed by atoms with Gasteiger partial charge in [0.05, 0.1) is 0 Å². The molecule has 1 saturated carbocycles. The molecule has 1 fully saturated rings. The lowest BCUT2D eigenvalue weighted by molar-refractivity contribution is -0.120. The van der Waals surface area contributed by atoms with E-state index in [0.717, 1.165) is 12.2 Å². The molecule has 0 aliphatic heterocycles. The molecule has 0 spiro atoms. The quantitative estimate of drug-likeness (QED) is 0.836. The van der Waals surface area contributed by atoms with Crippen LogP contribution in [0.5, 0.6) is 0 Å². The Morgan fingerprint density at radius 3 is 3.10 bits per heavy atom. The van der Waals surface area contributed by atoms with Gasteiger partial charge in [0.1, 0.15) is 5.65 Å². The Hall–Kier alpha value is -1.88. The lowest BCUT2D eigenvalue weighted by Crippen LogP contribution is -2.19. The van der Waals surface area contributed by atoms with Crippen LogP contribution in [-0.2, 0) is 17.9 Å². The van der Waals surface area contributed by atoms with Crippen LogP contribution in [0, 0.1) is 0 Å². The molecule has 1 amide bonds. The van der Waals surface area contributed by atoms with Gasteiger partial charge in [-0.05, 0) is 30.5 Å². The fraction of sp³-hybridized carbons (Fsp3) is 0.467. The minimum absolute atomic E-state index is 0.0560. The molecule has 1 aliphatic rings. The number of carbonyl (C=O) groups is 1. The van der Waals surface area contributed by atoms with Crippen LogP contribution in [0.1, 0.15) is 24.8 Å². The summed E-state index contributed by atoms with van der Waals surface area (Å²) in [5, 5.41) is 7.37. The molecule has 2 heterocycles. The minimum atomic E-state index is 0.0560. The summed E-state index contributed by atoms with van der Waals surface area (Å²) in [5.41, 5.74) is 2.22. The molecule has 2 N–H and O–H groups in total. The highest BCUT2D eigenvalue weighted by molar-refractivity contribution is 5.81. The molecule has 5 heteroatoms. The monoisotopic (exact) mass is 272 g/mol. The molecule has 0 unspecified atom stereocenters. The zero-order valence-electron chi connectivity index (χ0n) is 11.7. The van der Waals surface area contributed by atoms with E-state index >= 15 is 0 Å². The van der Waals surface area contributed by atoms with Crippen molar-refractivity contribution in [3.63, 3.8) is 0 Å². The summed E-state index contributed by atoms with van der Waals surface area (Å²) in [5.74, 6) is 0.0560. The predicted molar refractivity (Wildman–Crippen MR) is 78.3 cm³/mol. The van der Waals surface area contributed by atoms with Gasteiger partial charge in [0.2, 0.25) is 5.91 Å². The molecular weight excluding hydrogens is 252 g/mol. The van der Waals surface area contributed by atoms with Crippen molar-refractivity contribution in [2.75, 3.05) is 7.05 Å². The maximum absolute atomic E-state index is 11.4. The number of amides is 1. The maximum atomic E-state index is 11.4. The van der Waals surface area contributed by atoms with Crippen LogP contribution >= 0.6 is 0 Å². The van der Waals surface area contributed by atoms with Crippen molar-refractivity contribution in [1.82, 2.24) is 20.2 Å². The molecule has 0 bridgehead atoms. The van der Waals surface area contributed by atoms with Gasteiger partial charge >= 0.3 is 0 Å². The Bertz CT molecular complexity index is 615. The van der Waals surface area contributed by atoms with Gasteiger partial charge in [0.25, 0.3) is 0 Å². The van der Waals surface area contributed by atoms with Crippen molar-refractivity contribution in [2.24, 2.45) is 0 Å². The van der Waals surface area contributed by atoms with Crippen LogP contribution in [0.25, 0.3) is 11.0 Å². The number of hydrogen-bond donors (Lipinski definition) is 2. The van der Waals surface area contributed by atoms with Crippen LogP contribution in [0.15, 0.2) is 24.5 Å². The zero-order valence-corrected chi connectivity index (χ0v) is 11.7. The lowest BCUT2D eigenvalue weighted by atomic mass is 10.2. The topological polar surface area (TPSA) is 59.0 Å². The fourth-order valence-electron chi connectivity index (χ4n) is 2.40. The average molecular weight is 272 g/mol. The summed E-state index contributed by atoms with van der Waals surface area (Å²) in [6.45, 7) is 1.54. The number of nitrogens with zero attached hydrogens (tertiary/aromatic N) is 2. The zero-order chi connectivity index (χ0) is 13.9. The minimum Gasteiger partial charge on any atom is -0.359 e. The number of nitrogens with one attached hydrogen (secondary N) is 2. The van der Waals surface area contributed by atoms with E-state index in [-0.39, 0.29) is 5.91 Å². The largest absolute Gasteiger partial charge is 0.359 e. The van der Waals surface area contributed by atoms with E-state index in [2.05, 4.69) is 32.4 Å². The molecule has 0 radical (unpaired) electrons. The molecule has 3 rings (SSSR count). The van der Waals surface area contributed by atoms with Gasteiger partial charge in [-0.15, -0.1) is 0 Å². The molecule has 5 nitrogen and oxygen atoms in total. The van der Waals surface area contributed by atoms with Gasteiger partial charge in [0, 0.05) is 50.4 Å². The van der Waals surface area contributed by atoms with Gasteiger partial charge in [-0.25, -0.2) is 4.98 Å². The Morgan fingerprint density at radius 2 is 2.35 bits per heavy atom. The van der Waals surface area contributed by atoms with Gasteiger partial charge in [0.15, 0.2) is 0 Å². The van der Waals surface area contributed by atoms with E-state index in [9.17, 15) is 4.79 Å². The first-order valence-electron chi connectivity index (χ1n) is 7.14. The molecule has 106 valence electrons. The molecule has 2 aromatic heterocycles. The summed E-state index contributed by atoms with van der Waals surface area (Å²) in [6.07, 6.45) is 6.97. The Labute approximate surface area is 118 Å². The smallest absolute Gasteiger partial charge is 0.221 e. The normalized spacial score (nSPS) is 14.7. The Kier molecular flexibility index (Phi) is 3.69. The van der Waals surface area contributed by atoms with Crippen LogP contribution in [-0.4, -0.2) is 28.5 Å². The summed E-state index contributed by atoms with van der Waals surface area (Å²) < 4.78 is 2.08. The number of fused-ring (bicyclic) bond motifs is 1. The second-order valence-electron chi connectivity index (χ2n) is 5.30. The third kappa shape index (κ3) is 2.82. The van der Waals surface area contributed by atoms with Crippen molar-refractivity contribution in [1.29, 1.82) is 0 Å². The number of hydrogen-bond acceptors (Lipinski definition) is 3. The molecule has 0 atom stereocenters. The Balaban J connectivity index is 1.81. The number of rotatable bonds is 6. The van der Waals surface area contributed by atoms with Crippen molar-refractivity contribution in [3.05, 3.63) is 30.1 Å². The highest BCUT2D eigenvalue weighted by Gasteiger charge is 2.21. The summed E-state index contributed by atoms with van der Waals surface area (Å²) in [4.78, 5) is 15.8. The van der Waals surface area contributed by atoms with E-state index in [4.69, 9.17) is 0 Å². The maximum Gasteiger partial charge on any atom is 0.221 e. The molecule has 2 aromatic rings. The van der Waals surface area contributed by atoms with E-state index in [1.165, 1.54) is 23.8 Å². The first-order chi connectivity index (χ1) is 9.78. The van der Waals surface area contributed by atoms with Crippen molar-refractivity contribution >= 4 is 16.9 Å². The lowest BCUT2D eigenvalue weighted by Gasteiger charge is -2.03. The van der Waals surface area contributed by atoms with E-state index in [1.54, 1.807) is 13.2 Å². The molecule has 0 aromatic carbocycles. The molecule has 20 heavy (non-hydrogen) atoms. The number of aryl methyl sites for hydroxylation is 1. The van der Waals surface area contributed by atoms with Crippen molar-refractivity contribution in [2.45, 2.75) is 38.4 Å². The third-order valence-electron chi connectivity index (χ3n) is 3.73. The summed E-state index contributed by atoms with van der Waals surface area (Å²) >= 11 is 0. The predicted octanol–water partition coefficient (Wildman–Crippen LogP) is 1.42. The van der Waals surface area contributed by atoms with Crippen LogP contribution in [0.3, 0.4) is 0 Å². The highest BCUT2D eigenvalue weighted by Crippen LogP contribution is 2.23. The van der Waals surface area contributed by atoms with Crippen LogP contribution in [0.4, 0.5) is 0 Å². The second kappa shape index (κ2) is 5.63. The standard InChI is InChI=1S/C15H20N4O/c1-16-14(20)6-8-19-10-11(9-18-12-4-5-12)13-3-2-7-17-15(13)19/h2-3,7,10,12,18H,4-6,8-9H2,1H3,(H,16,20). The number of carbonyl (C=O) groups excluding carboxylic acids is 1. The van der Waals surface area contributed by atoms with E-state index < -0.39 is 0 Å². The third-order valence-corrected chi connectivity index (χ3v) is 3.73. The van der Waals surface area contributed by atoms with Crippen LogP contribution in [0.2, 0.25) is 0 Å². The molecular formula is C15H20N4O. The number of aromatic nitrogens is 2. The van der Waals surface area contributed by atoms with Crippen molar-refractivity contribution < 1.29 is 4.79 Å².